The van der Waals surface area contributed by atoms with Gasteiger partial charge >= 0.3 is 0 Å². The lowest BCUT2D eigenvalue weighted by molar-refractivity contribution is 0.102. The van der Waals surface area contributed by atoms with E-state index in [4.69, 9.17) is 4.42 Å². The molecule has 6 nitrogen and oxygen atoms in total. The van der Waals surface area contributed by atoms with Crippen LogP contribution in [-0.2, 0) is 6.54 Å². The van der Waals surface area contributed by atoms with E-state index in [1.165, 1.54) is 23.9 Å². The van der Waals surface area contributed by atoms with Crippen molar-refractivity contribution in [2.45, 2.75) is 32.5 Å². The second kappa shape index (κ2) is 8.31. The lowest BCUT2D eigenvalue weighted by Crippen LogP contribution is -2.07. The number of rotatable bonds is 7. The van der Waals surface area contributed by atoms with Gasteiger partial charge in [-0.15, -0.1) is 10.2 Å². The van der Waals surface area contributed by atoms with Gasteiger partial charge in [0.2, 0.25) is 0 Å². The van der Waals surface area contributed by atoms with Crippen LogP contribution in [-0.4, -0.2) is 30.9 Å². The van der Waals surface area contributed by atoms with Gasteiger partial charge in [0.05, 0.1) is 12.0 Å². The Morgan fingerprint density at radius 3 is 2.70 bits per heavy atom. The highest BCUT2D eigenvalue weighted by Crippen LogP contribution is 2.27. The summed E-state index contributed by atoms with van der Waals surface area (Å²) in [6.45, 7) is 6.44. The van der Waals surface area contributed by atoms with Crippen molar-refractivity contribution in [2.75, 3.05) is 5.75 Å². The summed E-state index contributed by atoms with van der Waals surface area (Å²) in [6, 6.07) is 11.8. The fourth-order valence-electron chi connectivity index (χ4n) is 3.53. The zero-order valence-electron chi connectivity index (χ0n) is 16.9. The minimum atomic E-state index is -0.310. The summed E-state index contributed by atoms with van der Waals surface area (Å²) in [7, 11) is 0. The van der Waals surface area contributed by atoms with E-state index in [2.05, 4.69) is 10.2 Å². The molecule has 4 rings (SSSR count). The summed E-state index contributed by atoms with van der Waals surface area (Å²) in [5.41, 5.74) is 2.99. The number of carbonyl (C=O) groups is 1. The number of nitrogens with zero attached hydrogens (tertiary/aromatic N) is 4. The number of ketones is 1. The number of hydrogen-bond donors (Lipinski definition) is 0. The quantitative estimate of drug-likeness (QED) is 0.306. The molecule has 1 aromatic carbocycles. The number of furan rings is 1. The number of benzene rings is 1. The summed E-state index contributed by atoms with van der Waals surface area (Å²) < 4.78 is 22.9. The monoisotopic (exact) mass is 424 g/mol. The van der Waals surface area contributed by atoms with Crippen LogP contribution in [0.4, 0.5) is 4.39 Å². The van der Waals surface area contributed by atoms with Crippen molar-refractivity contribution in [1.29, 1.82) is 0 Å². The molecule has 0 bridgehead atoms. The van der Waals surface area contributed by atoms with Crippen LogP contribution in [0.3, 0.4) is 0 Å². The Bertz CT molecular complexity index is 1190. The Kier molecular flexibility index (Phi) is 5.59. The zero-order chi connectivity index (χ0) is 21.3. The maximum Gasteiger partial charge on any atom is 0.200 e. The van der Waals surface area contributed by atoms with Crippen molar-refractivity contribution in [3.8, 4) is 17.3 Å². The topological polar surface area (TPSA) is 65.8 Å². The molecule has 0 saturated carbocycles. The molecule has 0 spiro atoms. The van der Waals surface area contributed by atoms with Gasteiger partial charge in [-0.1, -0.05) is 17.8 Å². The smallest absolute Gasteiger partial charge is 0.200 e. The van der Waals surface area contributed by atoms with E-state index in [1.54, 1.807) is 18.4 Å². The van der Waals surface area contributed by atoms with E-state index in [0.29, 0.717) is 34.5 Å². The molecule has 0 aliphatic carbocycles. The SMILES string of the molecule is CCn1c(SCC(=O)c2cc(C)n(-c3cccc(F)c3)c2C)nnc1-c1ccco1. The van der Waals surface area contributed by atoms with Crippen molar-refractivity contribution >= 4 is 17.5 Å². The Balaban J connectivity index is 1.55. The number of hydrogen-bond acceptors (Lipinski definition) is 5. The summed E-state index contributed by atoms with van der Waals surface area (Å²) >= 11 is 1.34. The highest BCUT2D eigenvalue weighted by Gasteiger charge is 2.20. The lowest BCUT2D eigenvalue weighted by Gasteiger charge is -2.10. The maximum absolute atomic E-state index is 13.7. The molecule has 0 fully saturated rings. The third-order valence-electron chi connectivity index (χ3n) is 4.90. The molecule has 0 amide bonds. The molecule has 30 heavy (non-hydrogen) atoms. The van der Waals surface area contributed by atoms with Crippen molar-refractivity contribution in [1.82, 2.24) is 19.3 Å². The van der Waals surface area contributed by atoms with Gasteiger partial charge < -0.3 is 8.98 Å². The van der Waals surface area contributed by atoms with Crippen LogP contribution in [0.25, 0.3) is 17.3 Å². The van der Waals surface area contributed by atoms with Gasteiger partial charge in [0.25, 0.3) is 0 Å². The molecule has 0 aliphatic heterocycles. The van der Waals surface area contributed by atoms with Gasteiger partial charge in [0, 0.05) is 29.2 Å². The second-order valence-corrected chi connectivity index (χ2v) is 7.78. The van der Waals surface area contributed by atoms with E-state index >= 15 is 0 Å². The van der Waals surface area contributed by atoms with Crippen molar-refractivity contribution in [3.63, 3.8) is 0 Å². The molecular formula is C22H21FN4O2S. The number of aromatic nitrogens is 4. The largest absolute Gasteiger partial charge is 0.461 e. The first-order chi connectivity index (χ1) is 14.5. The molecule has 0 atom stereocenters. The Labute approximate surface area is 177 Å². The molecule has 0 saturated heterocycles. The van der Waals surface area contributed by atoms with E-state index < -0.39 is 0 Å². The van der Waals surface area contributed by atoms with Crippen molar-refractivity contribution in [3.05, 3.63) is 71.5 Å². The van der Waals surface area contributed by atoms with Crippen LogP contribution in [0.1, 0.15) is 28.7 Å². The first-order valence-electron chi connectivity index (χ1n) is 9.57. The number of Topliss-reactive ketones (excluding diaryl/α,β-unsaturated/α-hetero) is 1. The molecule has 0 unspecified atom stereocenters. The molecule has 0 N–H and O–H groups in total. The van der Waals surface area contributed by atoms with Crippen molar-refractivity contribution in [2.24, 2.45) is 0 Å². The molecule has 8 heteroatoms. The minimum Gasteiger partial charge on any atom is -0.461 e. The van der Waals surface area contributed by atoms with Gasteiger partial charge in [0.15, 0.2) is 22.5 Å². The Morgan fingerprint density at radius 2 is 2.00 bits per heavy atom. The second-order valence-electron chi connectivity index (χ2n) is 6.84. The molecule has 4 aromatic rings. The van der Waals surface area contributed by atoms with Gasteiger partial charge in [-0.25, -0.2) is 4.39 Å². The summed E-state index contributed by atoms with van der Waals surface area (Å²) in [5.74, 6) is 1.18. The minimum absolute atomic E-state index is 0.0130. The first kappa shape index (κ1) is 20.2. The number of halogens is 1. The summed E-state index contributed by atoms with van der Waals surface area (Å²) in [5, 5.41) is 9.10. The normalized spacial score (nSPS) is 11.2. The Morgan fingerprint density at radius 1 is 1.17 bits per heavy atom. The maximum atomic E-state index is 13.7. The van der Waals surface area contributed by atoms with Crippen LogP contribution < -0.4 is 0 Å². The molecule has 3 aromatic heterocycles. The number of carbonyl (C=O) groups excluding carboxylic acids is 1. The van der Waals surface area contributed by atoms with E-state index in [0.717, 1.165) is 11.4 Å². The molecule has 3 heterocycles. The van der Waals surface area contributed by atoms with Gasteiger partial charge in [-0.3, -0.25) is 9.36 Å². The predicted molar refractivity (Wildman–Crippen MR) is 114 cm³/mol. The predicted octanol–water partition coefficient (Wildman–Crippen LogP) is 5.08. The average molecular weight is 425 g/mol. The number of aryl methyl sites for hydroxylation is 1. The van der Waals surface area contributed by atoms with Crippen LogP contribution in [0.5, 0.6) is 0 Å². The van der Waals surface area contributed by atoms with Crippen molar-refractivity contribution < 1.29 is 13.6 Å². The molecule has 0 radical (unpaired) electrons. The van der Waals surface area contributed by atoms with E-state index in [1.807, 2.05) is 48.1 Å². The summed E-state index contributed by atoms with van der Waals surface area (Å²) in [6.07, 6.45) is 1.59. The average Bonchev–Trinajstić information content (AvgIpc) is 3.44. The fourth-order valence-corrected chi connectivity index (χ4v) is 4.42. The van der Waals surface area contributed by atoms with Crippen LogP contribution in [0.15, 0.2) is 58.3 Å². The lowest BCUT2D eigenvalue weighted by atomic mass is 10.2. The zero-order valence-corrected chi connectivity index (χ0v) is 17.7. The van der Waals surface area contributed by atoms with E-state index in [9.17, 15) is 9.18 Å². The van der Waals surface area contributed by atoms with Crippen LogP contribution in [0.2, 0.25) is 0 Å². The molecular weight excluding hydrogens is 403 g/mol. The fraction of sp³-hybridized carbons (Fsp3) is 0.227. The van der Waals surface area contributed by atoms with E-state index in [-0.39, 0.29) is 17.4 Å². The molecule has 0 aliphatic rings. The Hall–Kier alpha value is -3.13. The van der Waals surface area contributed by atoms with Gasteiger partial charge in [0.1, 0.15) is 5.82 Å². The standard InChI is InChI=1S/C22H21FN4O2S/c1-4-26-21(20-9-6-10-29-20)24-25-22(26)30-13-19(28)18-11-14(2)27(15(18)3)17-8-5-7-16(23)12-17/h5-12H,4,13H2,1-3H3. The first-order valence-corrected chi connectivity index (χ1v) is 10.6. The highest BCUT2D eigenvalue weighted by atomic mass is 32.2. The van der Waals surface area contributed by atoms with Crippen LogP contribution >= 0.6 is 11.8 Å². The van der Waals surface area contributed by atoms with Gasteiger partial charge in [-0.2, -0.15) is 0 Å². The number of thioether (sulfide) groups is 1. The van der Waals surface area contributed by atoms with Crippen LogP contribution in [0, 0.1) is 19.7 Å². The summed E-state index contributed by atoms with van der Waals surface area (Å²) in [4.78, 5) is 13.0. The molecule has 154 valence electrons. The highest BCUT2D eigenvalue weighted by molar-refractivity contribution is 7.99. The third kappa shape index (κ3) is 3.70. The third-order valence-corrected chi connectivity index (χ3v) is 5.87. The van der Waals surface area contributed by atoms with Gasteiger partial charge in [-0.05, 0) is 57.2 Å².